The van der Waals surface area contributed by atoms with Crippen LogP contribution in [0.1, 0.15) is 10.6 Å². The average molecular weight is 309 g/mol. The zero-order valence-corrected chi connectivity index (χ0v) is 12.8. The number of hydrogen-bond donors (Lipinski definition) is 1. The Kier molecular flexibility index (Phi) is 4.64. The number of ether oxygens (including phenoxy) is 1. The summed E-state index contributed by atoms with van der Waals surface area (Å²) >= 11 is 1.41. The Morgan fingerprint density at radius 3 is 2.86 bits per heavy atom. The molecule has 0 saturated heterocycles. The van der Waals surface area contributed by atoms with Crippen molar-refractivity contribution in [3.05, 3.63) is 59.1 Å². The Morgan fingerprint density at radius 2 is 2.05 bits per heavy atom. The predicted octanol–water partition coefficient (Wildman–Crippen LogP) is 3.80. The summed E-state index contributed by atoms with van der Waals surface area (Å²) < 4.78 is 6.66. The molecule has 0 unspecified atom stereocenters. The highest BCUT2D eigenvalue weighted by atomic mass is 32.1. The monoisotopic (exact) mass is 309 g/mol. The van der Waals surface area contributed by atoms with Crippen LogP contribution >= 0.6 is 11.3 Å². The van der Waals surface area contributed by atoms with Crippen LogP contribution < -0.4 is 5.32 Å². The number of thiazole rings is 1. The summed E-state index contributed by atoms with van der Waals surface area (Å²) in [5.41, 5.74) is 3.06. The third-order valence-corrected chi connectivity index (χ3v) is 4.09. The number of anilines is 1. The van der Waals surface area contributed by atoms with Gasteiger partial charge < -0.3 is 10.1 Å². The van der Waals surface area contributed by atoms with E-state index < -0.39 is 0 Å². The van der Waals surface area contributed by atoms with Gasteiger partial charge in [-0.25, -0.2) is 4.98 Å². The summed E-state index contributed by atoms with van der Waals surface area (Å²) in [6, 6.07) is 18.1. The van der Waals surface area contributed by atoms with Gasteiger partial charge in [-0.15, -0.1) is 11.3 Å². The molecule has 0 bridgehead atoms. The predicted molar refractivity (Wildman–Crippen MR) is 88.9 cm³/mol. The highest BCUT2D eigenvalue weighted by Crippen LogP contribution is 2.24. The fourth-order valence-corrected chi connectivity index (χ4v) is 2.92. The highest BCUT2D eigenvalue weighted by molar-refractivity contribution is 7.19. The molecule has 0 aliphatic rings. The van der Waals surface area contributed by atoms with Crippen molar-refractivity contribution in [3.63, 3.8) is 0 Å². The van der Waals surface area contributed by atoms with Gasteiger partial charge in [-0.3, -0.25) is 0 Å². The van der Waals surface area contributed by atoms with Crippen molar-refractivity contribution in [1.82, 2.24) is 4.98 Å². The molecule has 3 aromatic rings. The molecular weight excluding hydrogens is 294 g/mol. The average Bonchev–Trinajstić information content (AvgIpc) is 2.98. The first kappa shape index (κ1) is 14.5. The normalized spacial score (nSPS) is 10.5. The standard InChI is InChI=1S/C17H15N3OS/c18-11-17-20-15-7-6-14(10-16(15)22-17)19-8-9-21-12-13-4-2-1-3-5-13/h1-7,10,19H,8-9,12H2. The Hall–Kier alpha value is -2.42. The molecule has 0 atom stereocenters. The molecule has 1 aromatic heterocycles. The van der Waals surface area contributed by atoms with E-state index in [9.17, 15) is 0 Å². The number of nitrogens with one attached hydrogen (secondary N) is 1. The van der Waals surface area contributed by atoms with Gasteiger partial charge in [0.2, 0.25) is 0 Å². The maximum Gasteiger partial charge on any atom is 0.195 e. The Labute approximate surface area is 133 Å². The first-order valence-electron chi connectivity index (χ1n) is 7.01. The van der Waals surface area contributed by atoms with Crippen LogP contribution in [0.5, 0.6) is 0 Å². The van der Waals surface area contributed by atoms with Crippen molar-refractivity contribution in [2.75, 3.05) is 18.5 Å². The second-order valence-corrected chi connectivity index (χ2v) is 5.81. The summed E-state index contributed by atoms with van der Waals surface area (Å²) in [5, 5.41) is 12.7. The van der Waals surface area contributed by atoms with Gasteiger partial charge in [0.1, 0.15) is 6.07 Å². The lowest BCUT2D eigenvalue weighted by Gasteiger charge is -2.07. The Bertz CT molecular complexity index is 793. The lowest BCUT2D eigenvalue weighted by molar-refractivity contribution is 0.130. The smallest absolute Gasteiger partial charge is 0.195 e. The zero-order valence-electron chi connectivity index (χ0n) is 12.0. The summed E-state index contributed by atoms with van der Waals surface area (Å²) in [6.07, 6.45) is 0. The number of nitriles is 1. The Balaban J connectivity index is 1.48. The van der Waals surface area contributed by atoms with Crippen LogP contribution in [0, 0.1) is 11.3 Å². The van der Waals surface area contributed by atoms with Gasteiger partial charge in [-0.2, -0.15) is 5.26 Å². The van der Waals surface area contributed by atoms with E-state index in [1.54, 1.807) is 0 Å². The van der Waals surface area contributed by atoms with Crippen LogP contribution in [-0.4, -0.2) is 18.1 Å². The second kappa shape index (κ2) is 7.03. The Morgan fingerprint density at radius 1 is 1.18 bits per heavy atom. The quantitative estimate of drug-likeness (QED) is 0.704. The number of aromatic nitrogens is 1. The van der Waals surface area contributed by atoms with E-state index in [1.165, 1.54) is 16.9 Å². The molecule has 5 heteroatoms. The first-order valence-corrected chi connectivity index (χ1v) is 7.83. The molecule has 0 aliphatic heterocycles. The third kappa shape index (κ3) is 3.61. The summed E-state index contributed by atoms with van der Waals surface area (Å²) in [6.45, 7) is 2.00. The molecule has 1 heterocycles. The van der Waals surface area contributed by atoms with Gasteiger partial charge in [-0.1, -0.05) is 30.3 Å². The van der Waals surface area contributed by atoms with E-state index in [-0.39, 0.29) is 0 Å². The molecule has 22 heavy (non-hydrogen) atoms. The number of rotatable bonds is 6. The maximum atomic E-state index is 8.87. The maximum absolute atomic E-state index is 8.87. The first-order chi connectivity index (χ1) is 10.8. The van der Waals surface area contributed by atoms with Crippen LogP contribution in [0.3, 0.4) is 0 Å². The van der Waals surface area contributed by atoms with E-state index in [1.807, 2.05) is 36.4 Å². The van der Waals surface area contributed by atoms with Crippen molar-refractivity contribution in [1.29, 1.82) is 5.26 Å². The lowest BCUT2D eigenvalue weighted by atomic mass is 10.2. The number of fused-ring (bicyclic) bond motifs is 1. The molecule has 110 valence electrons. The van der Waals surface area contributed by atoms with Crippen LogP contribution in [-0.2, 0) is 11.3 Å². The molecule has 0 spiro atoms. The minimum absolute atomic E-state index is 0.498. The van der Waals surface area contributed by atoms with Crippen molar-refractivity contribution >= 4 is 27.2 Å². The molecule has 3 rings (SSSR count). The van der Waals surface area contributed by atoms with Gasteiger partial charge in [0.15, 0.2) is 5.01 Å². The van der Waals surface area contributed by atoms with Crippen molar-refractivity contribution in [2.24, 2.45) is 0 Å². The molecule has 2 aromatic carbocycles. The number of hydrogen-bond acceptors (Lipinski definition) is 5. The highest BCUT2D eigenvalue weighted by Gasteiger charge is 2.03. The fraction of sp³-hybridized carbons (Fsp3) is 0.176. The molecule has 0 radical (unpaired) electrons. The molecule has 0 fully saturated rings. The van der Waals surface area contributed by atoms with Crippen molar-refractivity contribution in [2.45, 2.75) is 6.61 Å². The van der Waals surface area contributed by atoms with Gasteiger partial charge in [0.25, 0.3) is 0 Å². The van der Waals surface area contributed by atoms with Gasteiger partial charge in [0.05, 0.1) is 23.4 Å². The van der Waals surface area contributed by atoms with E-state index >= 15 is 0 Å². The number of nitrogens with zero attached hydrogens (tertiary/aromatic N) is 2. The van der Waals surface area contributed by atoms with Gasteiger partial charge in [0, 0.05) is 12.2 Å². The van der Waals surface area contributed by atoms with Crippen LogP contribution in [0.4, 0.5) is 5.69 Å². The van der Waals surface area contributed by atoms with Crippen LogP contribution in [0.25, 0.3) is 10.2 Å². The van der Waals surface area contributed by atoms with E-state index in [0.29, 0.717) is 18.2 Å². The van der Waals surface area contributed by atoms with E-state index in [0.717, 1.165) is 22.4 Å². The lowest BCUT2D eigenvalue weighted by Crippen LogP contribution is -2.09. The third-order valence-electron chi connectivity index (χ3n) is 3.17. The SMILES string of the molecule is N#Cc1nc2ccc(NCCOCc3ccccc3)cc2s1. The summed E-state index contributed by atoms with van der Waals surface area (Å²) in [7, 11) is 0. The molecular formula is C17H15N3OS. The molecule has 0 amide bonds. The van der Waals surface area contributed by atoms with Crippen LogP contribution in [0.15, 0.2) is 48.5 Å². The zero-order chi connectivity index (χ0) is 15.2. The molecule has 0 saturated carbocycles. The fourth-order valence-electron chi connectivity index (χ4n) is 2.11. The minimum atomic E-state index is 0.498. The molecule has 1 N–H and O–H groups in total. The number of benzene rings is 2. The van der Waals surface area contributed by atoms with Crippen molar-refractivity contribution < 1.29 is 4.74 Å². The molecule has 0 aliphatic carbocycles. The van der Waals surface area contributed by atoms with E-state index in [2.05, 4.69) is 28.5 Å². The van der Waals surface area contributed by atoms with E-state index in [4.69, 9.17) is 10.00 Å². The summed E-state index contributed by atoms with van der Waals surface area (Å²) in [5.74, 6) is 0. The van der Waals surface area contributed by atoms with Gasteiger partial charge >= 0.3 is 0 Å². The second-order valence-electron chi connectivity index (χ2n) is 4.78. The van der Waals surface area contributed by atoms with Crippen LogP contribution in [0.2, 0.25) is 0 Å². The topological polar surface area (TPSA) is 57.9 Å². The minimum Gasteiger partial charge on any atom is -0.383 e. The summed E-state index contributed by atoms with van der Waals surface area (Å²) in [4.78, 5) is 4.22. The molecule has 4 nitrogen and oxygen atoms in total. The van der Waals surface area contributed by atoms with Gasteiger partial charge in [-0.05, 0) is 23.8 Å². The van der Waals surface area contributed by atoms with Crippen molar-refractivity contribution in [3.8, 4) is 6.07 Å². The largest absolute Gasteiger partial charge is 0.383 e.